The lowest BCUT2D eigenvalue weighted by Gasteiger charge is -2.08. The number of hydrogen-bond donors (Lipinski definition) is 0. The minimum atomic E-state index is 0.909. The zero-order valence-corrected chi connectivity index (χ0v) is 7.39. The second-order valence-electron chi connectivity index (χ2n) is 2.77. The highest BCUT2D eigenvalue weighted by molar-refractivity contribution is 4.41. The smallest absolute Gasteiger partial charge is 0.0478 e. The predicted octanol–water partition coefficient (Wildman–Crippen LogP) is 1.36. The monoisotopic (exact) mass is 145 g/mol. The number of rotatable bonds is 6. The van der Waals surface area contributed by atoms with Gasteiger partial charge >= 0.3 is 0 Å². The van der Waals surface area contributed by atoms with Crippen molar-refractivity contribution in [1.29, 1.82) is 0 Å². The van der Waals surface area contributed by atoms with Gasteiger partial charge in [-0.15, -0.1) is 0 Å². The summed E-state index contributed by atoms with van der Waals surface area (Å²) >= 11 is 0. The van der Waals surface area contributed by atoms with Crippen molar-refractivity contribution in [3.05, 3.63) is 0 Å². The van der Waals surface area contributed by atoms with Gasteiger partial charge in [0.05, 0.1) is 0 Å². The molecule has 0 saturated carbocycles. The van der Waals surface area contributed by atoms with E-state index in [1.54, 1.807) is 0 Å². The van der Waals surface area contributed by atoms with Gasteiger partial charge in [-0.25, -0.2) is 0 Å². The number of nitrogens with zero attached hydrogens (tertiary/aromatic N) is 1. The second-order valence-corrected chi connectivity index (χ2v) is 2.77. The Kier molecular flexibility index (Phi) is 6.98. The van der Waals surface area contributed by atoms with Crippen LogP contribution in [0, 0.1) is 0 Å². The third-order valence-electron chi connectivity index (χ3n) is 1.24. The molecule has 0 rings (SSSR count). The molecule has 62 valence electrons. The van der Waals surface area contributed by atoms with Gasteiger partial charge < -0.3 is 9.64 Å². The first kappa shape index (κ1) is 9.92. The fourth-order valence-corrected chi connectivity index (χ4v) is 0.729. The minimum Gasteiger partial charge on any atom is -0.381 e. The standard InChI is InChI=1S/C8H19NO/c1-4-7-10-8-5-6-9(2)3/h4-8H2,1-3H3. The third kappa shape index (κ3) is 7.92. The minimum absolute atomic E-state index is 0.909. The molecule has 0 aliphatic heterocycles. The zero-order chi connectivity index (χ0) is 7.82. The van der Waals surface area contributed by atoms with Crippen LogP contribution in [-0.4, -0.2) is 38.8 Å². The SMILES string of the molecule is CCCOCCCN(C)C. The Morgan fingerprint density at radius 1 is 1.20 bits per heavy atom. The fourth-order valence-electron chi connectivity index (χ4n) is 0.729. The maximum atomic E-state index is 5.31. The zero-order valence-electron chi connectivity index (χ0n) is 7.39. The molecule has 2 nitrogen and oxygen atoms in total. The van der Waals surface area contributed by atoms with Crippen LogP contribution in [0.15, 0.2) is 0 Å². The topological polar surface area (TPSA) is 12.5 Å². The van der Waals surface area contributed by atoms with E-state index in [2.05, 4.69) is 25.9 Å². The van der Waals surface area contributed by atoms with E-state index in [1.165, 1.54) is 0 Å². The normalized spacial score (nSPS) is 10.8. The molecule has 0 heterocycles. The van der Waals surface area contributed by atoms with Gasteiger partial charge in [0.2, 0.25) is 0 Å². The molecule has 10 heavy (non-hydrogen) atoms. The molecule has 0 fully saturated rings. The van der Waals surface area contributed by atoms with Crippen LogP contribution in [0.1, 0.15) is 19.8 Å². The van der Waals surface area contributed by atoms with Crippen LogP contribution < -0.4 is 0 Å². The van der Waals surface area contributed by atoms with E-state index in [-0.39, 0.29) is 0 Å². The molecule has 2 heteroatoms. The molecule has 0 aliphatic carbocycles. The maximum absolute atomic E-state index is 5.31. The van der Waals surface area contributed by atoms with Gasteiger partial charge in [0.1, 0.15) is 0 Å². The molecular weight excluding hydrogens is 126 g/mol. The summed E-state index contributed by atoms with van der Waals surface area (Å²) < 4.78 is 5.31. The Hall–Kier alpha value is -0.0800. The molecule has 0 bridgehead atoms. The summed E-state index contributed by atoms with van der Waals surface area (Å²) in [4.78, 5) is 2.18. The molecule has 0 aromatic heterocycles. The first-order valence-corrected chi connectivity index (χ1v) is 4.00. The molecule has 0 unspecified atom stereocenters. The van der Waals surface area contributed by atoms with Gasteiger partial charge in [-0.05, 0) is 33.5 Å². The van der Waals surface area contributed by atoms with Crippen LogP contribution in [-0.2, 0) is 4.74 Å². The average Bonchev–Trinajstić information content (AvgIpc) is 1.87. The van der Waals surface area contributed by atoms with E-state index in [1.807, 2.05) is 0 Å². The van der Waals surface area contributed by atoms with Crippen LogP contribution >= 0.6 is 0 Å². The Balaban J connectivity index is 2.77. The molecular formula is C8H19NO. The Morgan fingerprint density at radius 2 is 1.90 bits per heavy atom. The summed E-state index contributed by atoms with van der Waals surface area (Å²) in [6, 6.07) is 0. The van der Waals surface area contributed by atoms with Crippen molar-refractivity contribution in [2.24, 2.45) is 0 Å². The maximum Gasteiger partial charge on any atom is 0.0478 e. The van der Waals surface area contributed by atoms with Crippen molar-refractivity contribution in [3.8, 4) is 0 Å². The van der Waals surface area contributed by atoms with Gasteiger partial charge in [-0.1, -0.05) is 6.92 Å². The Morgan fingerprint density at radius 3 is 2.40 bits per heavy atom. The van der Waals surface area contributed by atoms with E-state index in [4.69, 9.17) is 4.74 Å². The highest BCUT2D eigenvalue weighted by Gasteiger charge is 1.89. The highest BCUT2D eigenvalue weighted by Crippen LogP contribution is 1.86. The van der Waals surface area contributed by atoms with Crippen molar-refractivity contribution in [2.45, 2.75) is 19.8 Å². The van der Waals surface area contributed by atoms with E-state index in [0.29, 0.717) is 0 Å². The molecule has 0 aromatic carbocycles. The van der Waals surface area contributed by atoms with E-state index in [9.17, 15) is 0 Å². The summed E-state index contributed by atoms with van der Waals surface area (Å²) in [6.07, 6.45) is 2.27. The number of ether oxygens (including phenoxy) is 1. The highest BCUT2D eigenvalue weighted by atomic mass is 16.5. The van der Waals surface area contributed by atoms with Crippen molar-refractivity contribution >= 4 is 0 Å². The summed E-state index contributed by atoms with van der Waals surface area (Å²) in [5, 5.41) is 0. The molecule has 0 amide bonds. The summed E-state index contributed by atoms with van der Waals surface area (Å²) in [5.74, 6) is 0. The van der Waals surface area contributed by atoms with E-state index in [0.717, 1.165) is 32.6 Å². The second kappa shape index (κ2) is 7.03. The Bertz CT molecular complexity index is 64.3. The van der Waals surface area contributed by atoms with E-state index >= 15 is 0 Å². The summed E-state index contributed by atoms with van der Waals surface area (Å²) in [7, 11) is 4.17. The molecule has 0 aliphatic rings. The van der Waals surface area contributed by atoms with Crippen LogP contribution in [0.5, 0.6) is 0 Å². The predicted molar refractivity (Wildman–Crippen MR) is 44.3 cm³/mol. The molecule has 0 spiro atoms. The average molecular weight is 145 g/mol. The van der Waals surface area contributed by atoms with Crippen molar-refractivity contribution in [3.63, 3.8) is 0 Å². The van der Waals surface area contributed by atoms with Crippen molar-refractivity contribution in [1.82, 2.24) is 4.90 Å². The van der Waals surface area contributed by atoms with Crippen molar-refractivity contribution < 1.29 is 4.74 Å². The largest absolute Gasteiger partial charge is 0.381 e. The van der Waals surface area contributed by atoms with E-state index < -0.39 is 0 Å². The lowest BCUT2D eigenvalue weighted by Crippen LogP contribution is -2.14. The number of hydrogen-bond acceptors (Lipinski definition) is 2. The van der Waals surface area contributed by atoms with Crippen LogP contribution in [0.25, 0.3) is 0 Å². The van der Waals surface area contributed by atoms with Crippen LogP contribution in [0.4, 0.5) is 0 Å². The third-order valence-corrected chi connectivity index (χ3v) is 1.24. The van der Waals surface area contributed by atoms with Crippen molar-refractivity contribution in [2.75, 3.05) is 33.9 Å². The Labute approximate surface area is 64.2 Å². The van der Waals surface area contributed by atoms with Crippen LogP contribution in [0.2, 0.25) is 0 Å². The molecule has 0 saturated heterocycles. The summed E-state index contributed by atoms with van der Waals surface area (Å²) in [6.45, 7) is 5.08. The molecule has 0 N–H and O–H groups in total. The van der Waals surface area contributed by atoms with Gasteiger partial charge in [0, 0.05) is 13.2 Å². The van der Waals surface area contributed by atoms with Gasteiger partial charge in [-0.3, -0.25) is 0 Å². The fraction of sp³-hybridized carbons (Fsp3) is 1.00. The molecule has 0 radical (unpaired) electrons. The quantitative estimate of drug-likeness (QED) is 0.523. The first-order chi connectivity index (χ1) is 4.77. The lowest BCUT2D eigenvalue weighted by molar-refractivity contribution is 0.126. The molecule has 0 atom stereocenters. The lowest BCUT2D eigenvalue weighted by atomic mass is 10.4. The molecule has 0 aromatic rings. The van der Waals surface area contributed by atoms with Gasteiger partial charge in [-0.2, -0.15) is 0 Å². The van der Waals surface area contributed by atoms with Gasteiger partial charge in [0.25, 0.3) is 0 Å². The van der Waals surface area contributed by atoms with Gasteiger partial charge in [0.15, 0.2) is 0 Å². The summed E-state index contributed by atoms with van der Waals surface area (Å²) in [5.41, 5.74) is 0. The first-order valence-electron chi connectivity index (χ1n) is 4.00. The van der Waals surface area contributed by atoms with Crippen LogP contribution in [0.3, 0.4) is 0 Å².